The Hall–Kier alpha value is -2.37. The molecule has 1 saturated heterocycles. The average molecular weight is 409 g/mol. The molecule has 30 heavy (non-hydrogen) atoms. The third kappa shape index (κ3) is 4.37. The van der Waals surface area contributed by atoms with Gasteiger partial charge in [-0.3, -0.25) is 4.90 Å². The van der Waals surface area contributed by atoms with Crippen LogP contribution in [0.15, 0.2) is 60.7 Å². The molecule has 1 heterocycles. The van der Waals surface area contributed by atoms with Crippen LogP contribution in [-0.2, 0) is 17.9 Å². The van der Waals surface area contributed by atoms with E-state index in [1.54, 1.807) is 0 Å². The number of nitrogens with one attached hydrogen (secondary N) is 1. The zero-order valence-electron chi connectivity index (χ0n) is 17.8. The summed E-state index contributed by atoms with van der Waals surface area (Å²) in [6.07, 6.45) is 0.531. The van der Waals surface area contributed by atoms with Crippen molar-refractivity contribution in [3.05, 3.63) is 71.8 Å². The van der Waals surface area contributed by atoms with Crippen LogP contribution in [0, 0.1) is 11.3 Å². The van der Waals surface area contributed by atoms with Crippen molar-refractivity contribution in [1.29, 1.82) is 0 Å². The molecule has 1 amide bonds. The fourth-order valence-electron chi connectivity index (χ4n) is 5.62. The van der Waals surface area contributed by atoms with Crippen LogP contribution in [0.1, 0.15) is 37.8 Å². The number of aliphatic hydroxyl groups is 1. The normalized spacial score (nSPS) is 28.5. The molecule has 2 aliphatic rings. The molecule has 2 fully saturated rings. The lowest BCUT2D eigenvalue weighted by molar-refractivity contribution is -0.105. The number of likely N-dealkylation sites (tertiary alicyclic amines) is 1. The van der Waals surface area contributed by atoms with E-state index in [0.717, 1.165) is 31.5 Å². The summed E-state index contributed by atoms with van der Waals surface area (Å²) in [6.45, 7) is 6.63. The van der Waals surface area contributed by atoms with Gasteiger partial charge < -0.3 is 15.2 Å². The molecular formula is C25H32N2O3. The van der Waals surface area contributed by atoms with Gasteiger partial charge in [-0.25, -0.2) is 4.79 Å². The quantitative estimate of drug-likeness (QED) is 0.759. The van der Waals surface area contributed by atoms with E-state index in [0.29, 0.717) is 12.0 Å². The van der Waals surface area contributed by atoms with E-state index in [1.807, 2.05) is 36.4 Å². The lowest BCUT2D eigenvalue weighted by Crippen LogP contribution is -2.65. The molecule has 1 aliphatic carbocycles. The first-order valence-electron chi connectivity index (χ1n) is 10.9. The minimum Gasteiger partial charge on any atom is -0.445 e. The lowest BCUT2D eigenvalue weighted by Gasteiger charge is -2.58. The topological polar surface area (TPSA) is 61.8 Å². The Balaban J connectivity index is 1.34. The molecule has 2 N–H and O–H groups in total. The Morgan fingerprint density at radius 2 is 1.73 bits per heavy atom. The zero-order valence-corrected chi connectivity index (χ0v) is 17.8. The Labute approximate surface area is 179 Å². The van der Waals surface area contributed by atoms with Gasteiger partial charge in [-0.1, -0.05) is 74.5 Å². The predicted molar refractivity (Wildman–Crippen MR) is 117 cm³/mol. The number of carbonyl (C=O) groups is 1. The minimum absolute atomic E-state index is 0.0553. The molecule has 1 saturated carbocycles. The Morgan fingerprint density at radius 3 is 2.37 bits per heavy atom. The van der Waals surface area contributed by atoms with Gasteiger partial charge >= 0.3 is 6.09 Å². The molecule has 5 nitrogen and oxygen atoms in total. The number of nitrogens with zero attached hydrogens (tertiary/aromatic N) is 1. The van der Waals surface area contributed by atoms with Gasteiger partial charge in [-0.05, 0) is 29.9 Å². The SMILES string of the molecule is CC(C)C1N(Cc2ccccc2)CC12C[C@H](NC(=O)OCc1ccccc1)[C@@H](O)C2. The number of amides is 1. The van der Waals surface area contributed by atoms with E-state index in [4.69, 9.17) is 4.74 Å². The third-order valence-corrected chi connectivity index (χ3v) is 6.62. The van der Waals surface area contributed by atoms with Crippen LogP contribution in [0.2, 0.25) is 0 Å². The lowest BCUT2D eigenvalue weighted by atomic mass is 9.65. The van der Waals surface area contributed by atoms with Crippen LogP contribution < -0.4 is 5.32 Å². The van der Waals surface area contributed by atoms with E-state index in [2.05, 4.69) is 48.3 Å². The number of hydrogen-bond donors (Lipinski definition) is 2. The third-order valence-electron chi connectivity index (χ3n) is 6.62. The van der Waals surface area contributed by atoms with Gasteiger partial charge in [-0.15, -0.1) is 0 Å². The van der Waals surface area contributed by atoms with E-state index in [-0.39, 0.29) is 18.1 Å². The average Bonchev–Trinajstić information content (AvgIpc) is 3.04. The number of aliphatic hydroxyl groups excluding tert-OH is 1. The van der Waals surface area contributed by atoms with Crippen molar-refractivity contribution in [2.75, 3.05) is 6.54 Å². The molecule has 4 rings (SSSR count). The largest absolute Gasteiger partial charge is 0.445 e. The van der Waals surface area contributed by atoms with Crippen LogP contribution in [0.5, 0.6) is 0 Å². The second-order valence-corrected chi connectivity index (χ2v) is 9.23. The van der Waals surface area contributed by atoms with Crippen molar-refractivity contribution in [2.45, 2.75) is 58.0 Å². The molecule has 0 bridgehead atoms. The molecule has 4 atom stereocenters. The highest BCUT2D eigenvalue weighted by atomic mass is 16.5. The van der Waals surface area contributed by atoms with Crippen molar-refractivity contribution in [3.8, 4) is 0 Å². The van der Waals surface area contributed by atoms with Crippen LogP contribution >= 0.6 is 0 Å². The molecule has 2 aromatic carbocycles. The highest BCUT2D eigenvalue weighted by Crippen LogP contribution is 2.53. The Bertz CT molecular complexity index is 842. The summed E-state index contributed by atoms with van der Waals surface area (Å²) in [4.78, 5) is 14.8. The number of ether oxygens (including phenoxy) is 1. The van der Waals surface area contributed by atoms with Crippen molar-refractivity contribution in [3.63, 3.8) is 0 Å². The van der Waals surface area contributed by atoms with Gasteiger partial charge in [0.25, 0.3) is 0 Å². The van der Waals surface area contributed by atoms with Crippen LogP contribution in [-0.4, -0.2) is 40.8 Å². The summed E-state index contributed by atoms with van der Waals surface area (Å²) in [7, 11) is 0. The smallest absolute Gasteiger partial charge is 0.407 e. The van der Waals surface area contributed by atoms with Gasteiger partial charge in [-0.2, -0.15) is 0 Å². The van der Waals surface area contributed by atoms with E-state index in [1.165, 1.54) is 5.56 Å². The Kier molecular flexibility index (Phi) is 6.11. The van der Waals surface area contributed by atoms with Crippen molar-refractivity contribution < 1.29 is 14.6 Å². The second kappa shape index (κ2) is 8.78. The molecule has 1 spiro atoms. The fourth-order valence-corrected chi connectivity index (χ4v) is 5.62. The first-order chi connectivity index (χ1) is 14.5. The van der Waals surface area contributed by atoms with E-state index in [9.17, 15) is 9.90 Å². The molecular weight excluding hydrogens is 376 g/mol. The van der Waals surface area contributed by atoms with Crippen molar-refractivity contribution >= 4 is 6.09 Å². The summed E-state index contributed by atoms with van der Waals surface area (Å²) in [5.74, 6) is 0.485. The number of alkyl carbamates (subject to hydrolysis) is 1. The van der Waals surface area contributed by atoms with Crippen LogP contribution in [0.25, 0.3) is 0 Å². The molecule has 2 unspecified atom stereocenters. The van der Waals surface area contributed by atoms with Gasteiger partial charge in [0.1, 0.15) is 6.61 Å². The fraction of sp³-hybridized carbons (Fsp3) is 0.480. The van der Waals surface area contributed by atoms with Crippen LogP contribution in [0.3, 0.4) is 0 Å². The summed E-state index contributed by atoms with van der Waals surface area (Å²) >= 11 is 0. The molecule has 1 aliphatic heterocycles. The molecule has 2 aromatic rings. The Morgan fingerprint density at radius 1 is 1.10 bits per heavy atom. The summed E-state index contributed by atoms with van der Waals surface area (Å²) < 4.78 is 5.36. The maximum absolute atomic E-state index is 12.3. The van der Waals surface area contributed by atoms with Gasteiger partial charge in [0.15, 0.2) is 0 Å². The molecule has 0 radical (unpaired) electrons. The maximum atomic E-state index is 12.3. The minimum atomic E-state index is -0.533. The summed E-state index contributed by atoms with van der Waals surface area (Å²) in [5, 5.41) is 13.6. The summed E-state index contributed by atoms with van der Waals surface area (Å²) in [6, 6.07) is 20.3. The summed E-state index contributed by atoms with van der Waals surface area (Å²) in [5.41, 5.74) is 2.32. The van der Waals surface area contributed by atoms with Crippen molar-refractivity contribution in [2.24, 2.45) is 11.3 Å². The van der Waals surface area contributed by atoms with Crippen LogP contribution in [0.4, 0.5) is 4.79 Å². The molecule has 160 valence electrons. The number of hydrogen-bond acceptors (Lipinski definition) is 4. The van der Waals surface area contributed by atoms with Gasteiger partial charge in [0, 0.05) is 24.5 Å². The highest BCUT2D eigenvalue weighted by Gasteiger charge is 2.59. The number of rotatable bonds is 6. The second-order valence-electron chi connectivity index (χ2n) is 9.23. The monoisotopic (exact) mass is 408 g/mol. The maximum Gasteiger partial charge on any atom is 0.407 e. The standard InChI is InChI=1S/C25H32N2O3/c1-18(2)23-25(17-27(23)15-19-9-5-3-6-10-19)13-21(22(28)14-25)26-24(29)30-16-20-11-7-4-8-12-20/h3-12,18,21-23,28H,13-17H2,1-2H3,(H,26,29)/t21-,22-,23?,25?/m0/s1. The molecule has 5 heteroatoms. The van der Waals surface area contributed by atoms with Crippen molar-refractivity contribution in [1.82, 2.24) is 10.2 Å². The zero-order chi connectivity index (χ0) is 21.1. The number of carbonyl (C=O) groups excluding carboxylic acids is 1. The van der Waals surface area contributed by atoms with Gasteiger partial charge in [0.2, 0.25) is 0 Å². The number of benzene rings is 2. The first-order valence-corrected chi connectivity index (χ1v) is 10.9. The van der Waals surface area contributed by atoms with E-state index >= 15 is 0 Å². The first kappa shape index (κ1) is 20.9. The van der Waals surface area contributed by atoms with Gasteiger partial charge in [0.05, 0.1) is 12.1 Å². The predicted octanol–water partition coefficient (Wildman–Crippen LogP) is 3.96. The molecule has 0 aromatic heterocycles. The van der Waals surface area contributed by atoms with E-state index < -0.39 is 12.2 Å². The highest BCUT2D eigenvalue weighted by molar-refractivity contribution is 5.67.